The summed E-state index contributed by atoms with van der Waals surface area (Å²) in [7, 11) is -6.86. The first-order valence-electron chi connectivity index (χ1n) is 16.8. The standard InChI is InChI=1S/C38H46O10P2/c1-29(2)47-49(39,31-11-7-5-8-12-31)33-15-17-35-37(27-33)45-25-21-42-22-26-46-38-28-34(16-18-36(38)44-24-20-41-19-23-43-35)50(40,48-30(3)4)32-13-9-6-10-14-32/h5-18,27-30H,19-26H2,1-4H3/t49-,50+. The Hall–Kier alpha value is -3.62. The zero-order chi connectivity index (χ0) is 35.4. The lowest BCUT2D eigenvalue weighted by atomic mass is 10.3. The molecule has 0 aromatic heterocycles. The average Bonchev–Trinajstić information content (AvgIpc) is 3.11. The second kappa shape index (κ2) is 18.0. The van der Waals surface area contributed by atoms with E-state index in [0.29, 0.717) is 57.4 Å². The largest absolute Gasteiger partial charge is 0.487 e. The minimum atomic E-state index is -3.43. The van der Waals surface area contributed by atoms with Crippen molar-refractivity contribution < 1.29 is 46.6 Å². The number of ether oxygens (including phenoxy) is 6. The Kier molecular flexibility index (Phi) is 13.6. The zero-order valence-electron chi connectivity index (χ0n) is 29.0. The van der Waals surface area contributed by atoms with Crippen molar-refractivity contribution in [3.63, 3.8) is 0 Å². The zero-order valence-corrected chi connectivity index (χ0v) is 30.8. The van der Waals surface area contributed by atoms with E-state index >= 15 is 0 Å². The molecule has 0 aliphatic carbocycles. The Morgan fingerprint density at radius 2 is 0.780 bits per heavy atom. The topological polar surface area (TPSA) is 108 Å². The Morgan fingerprint density at radius 1 is 0.440 bits per heavy atom. The SMILES string of the molecule is CC(C)O[P@@](=O)(c1ccccc1)c1ccc2c(c1)OCCOCCOc1cc([P@](=O)(OC(C)C)c3ccccc3)ccc1OCCOCCO2. The lowest BCUT2D eigenvalue weighted by Crippen LogP contribution is -2.22. The Morgan fingerprint density at radius 3 is 1.12 bits per heavy atom. The first kappa shape index (κ1) is 37.6. The summed E-state index contributed by atoms with van der Waals surface area (Å²) in [5.41, 5.74) is 0. The van der Waals surface area contributed by atoms with Gasteiger partial charge in [0.1, 0.15) is 26.4 Å². The van der Waals surface area contributed by atoms with Crippen LogP contribution in [0, 0.1) is 0 Å². The van der Waals surface area contributed by atoms with Crippen molar-refractivity contribution in [1.82, 2.24) is 0 Å². The summed E-state index contributed by atoms with van der Waals surface area (Å²) in [6.07, 6.45) is -0.546. The molecule has 0 saturated carbocycles. The summed E-state index contributed by atoms with van der Waals surface area (Å²) >= 11 is 0. The van der Waals surface area contributed by atoms with Gasteiger partial charge < -0.3 is 37.5 Å². The van der Waals surface area contributed by atoms with E-state index in [9.17, 15) is 9.13 Å². The number of hydrogen-bond acceptors (Lipinski definition) is 10. The van der Waals surface area contributed by atoms with Gasteiger partial charge in [-0.15, -0.1) is 0 Å². The van der Waals surface area contributed by atoms with E-state index in [0.717, 1.165) is 0 Å². The summed E-state index contributed by atoms with van der Waals surface area (Å²) in [6.45, 7) is 9.43. The van der Waals surface area contributed by atoms with E-state index < -0.39 is 14.7 Å². The molecule has 1 heterocycles. The van der Waals surface area contributed by atoms with Crippen LogP contribution in [0.4, 0.5) is 0 Å². The number of hydrogen-bond donors (Lipinski definition) is 0. The van der Waals surface area contributed by atoms with Crippen molar-refractivity contribution in [2.24, 2.45) is 0 Å². The molecule has 0 spiro atoms. The van der Waals surface area contributed by atoms with E-state index in [4.69, 9.17) is 37.5 Å². The molecular formula is C38H46O10P2. The highest BCUT2D eigenvalue weighted by atomic mass is 31.2. The summed E-state index contributed by atoms with van der Waals surface area (Å²) in [4.78, 5) is 0. The fraction of sp³-hybridized carbons (Fsp3) is 0.368. The van der Waals surface area contributed by atoms with Gasteiger partial charge in [0, 0.05) is 21.2 Å². The molecular weight excluding hydrogens is 678 g/mol. The summed E-state index contributed by atoms with van der Waals surface area (Å²) in [5.74, 6) is 1.81. The molecule has 0 saturated heterocycles. The third-order valence-corrected chi connectivity index (χ3v) is 12.7. The Labute approximate surface area is 294 Å². The number of rotatable bonds is 8. The van der Waals surface area contributed by atoms with Crippen LogP contribution in [-0.4, -0.2) is 65.1 Å². The van der Waals surface area contributed by atoms with Crippen molar-refractivity contribution in [3.05, 3.63) is 97.1 Å². The highest BCUT2D eigenvalue weighted by molar-refractivity contribution is 7.74. The molecule has 0 bridgehead atoms. The fourth-order valence-electron chi connectivity index (χ4n) is 5.25. The molecule has 0 radical (unpaired) electrons. The minimum Gasteiger partial charge on any atom is -0.487 e. The molecule has 4 aromatic rings. The van der Waals surface area contributed by atoms with Gasteiger partial charge in [-0.2, -0.15) is 0 Å². The van der Waals surface area contributed by atoms with Crippen molar-refractivity contribution in [3.8, 4) is 23.0 Å². The highest BCUT2D eigenvalue weighted by Crippen LogP contribution is 2.48. The van der Waals surface area contributed by atoms with Crippen LogP contribution >= 0.6 is 14.7 Å². The maximum absolute atomic E-state index is 14.4. The molecule has 10 nitrogen and oxygen atoms in total. The van der Waals surface area contributed by atoms with Crippen molar-refractivity contribution in [1.29, 1.82) is 0 Å². The van der Waals surface area contributed by atoms with E-state index in [-0.39, 0.29) is 51.8 Å². The van der Waals surface area contributed by atoms with Crippen LogP contribution in [0.25, 0.3) is 0 Å². The van der Waals surface area contributed by atoms with E-state index in [1.807, 2.05) is 64.1 Å². The van der Waals surface area contributed by atoms with Crippen LogP contribution in [0.5, 0.6) is 23.0 Å². The van der Waals surface area contributed by atoms with Crippen LogP contribution in [0.2, 0.25) is 0 Å². The third kappa shape index (κ3) is 9.79. The molecule has 268 valence electrons. The van der Waals surface area contributed by atoms with Gasteiger partial charge in [0.05, 0.1) is 38.6 Å². The molecule has 5 rings (SSSR count). The van der Waals surface area contributed by atoms with Gasteiger partial charge in [-0.25, -0.2) is 0 Å². The summed E-state index contributed by atoms with van der Waals surface area (Å²) in [5, 5.41) is 2.19. The molecule has 12 heteroatoms. The molecule has 1 aliphatic heterocycles. The van der Waals surface area contributed by atoms with Gasteiger partial charge in [0.25, 0.3) is 14.7 Å². The molecule has 4 aromatic carbocycles. The molecule has 0 amide bonds. The molecule has 0 N–H and O–H groups in total. The minimum absolute atomic E-state index is 0.202. The Bertz CT molecular complexity index is 1620. The Balaban J connectivity index is 1.31. The maximum atomic E-state index is 14.4. The normalized spacial score (nSPS) is 17.2. The van der Waals surface area contributed by atoms with Gasteiger partial charge in [0.15, 0.2) is 23.0 Å². The maximum Gasteiger partial charge on any atom is 0.261 e. The van der Waals surface area contributed by atoms with Crippen LogP contribution in [0.1, 0.15) is 27.7 Å². The van der Waals surface area contributed by atoms with Gasteiger partial charge in [-0.1, -0.05) is 36.4 Å². The first-order valence-corrected chi connectivity index (χ1v) is 20.1. The molecule has 0 fully saturated rings. The van der Waals surface area contributed by atoms with Crippen LogP contribution in [0.15, 0.2) is 97.1 Å². The molecule has 1 aliphatic rings. The molecule has 0 unspecified atom stereocenters. The van der Waals surface area contributed by atoms with Crippen LogP contribution < -0.4 is 40.2 Å². The predicted octanol–water partition coefficient (Wildman–Crippen LogP) is 6.26. The van der Waals surface area contributed by atoms with Gasteiger partial charge in [0.2, 0.25) is 0 Å². The predicted molar refractivity (Wildman–Crippen MR) is 196 cm³/mol. The summed E-state index contributed by atoms with van der Waals surface area (Å²) in [6, 6.07) is 28.8. The van der Waals surface area contributed by atoms with Gasteiger partial charge >= 0.3 is 0 Å². The smallest absolute Gasteiger partial charge is 0.261 e. The number of fused-ring (bicyclic) bond motifs is 2. The molecule has 50 heavy (non-hydrogen) atoms. The summed E-state index contributed by atoms with van der Waals surface area (Å²) < 4.78 is 76.8. The van der Waals surface area contributed by atoms with E-state index in [1.165, 1.54) is 0 Å². The fourth-order valence-corrected chi connectivity index (χ4v) is 9.77. The highest BCUT2D eigenvalue weighted by Gasteiger charge is 2.32. The van der Waals surface area contributed by atoms with Crippen molar-refractivity contribution in [2.45, 2.75) is 39.9 Å². The second-order valence-electron chi connectivity index (χ2n) is 12.0. The monoisotopic (exact) mass is 724 g/mol. The van der Waals surface area contributed by atoms with Gasteiger partial charge in [-0.05, 0) is 88.4 Å². The lowest BCUT2D eigenvalue weighted by molar-refractivity contribution is 0.0640. The third-order valence-electron chi connectivity index (χ3n) is 7.39. The van der Waals surface area contributed by atoms with Crippen LogP contribution in [-0.2, 0) is 27.7 Å². The van der Waals surface area contributed by atoms with E-state index in [2.05, 4.69) is 0 Å². The molecule has 2 atom stereocenters. The first-order chi connectivity index (χ1) is 24.2. The lowest BCUT2D eigenvalue weighted by Gasteiger charge is -2.23. The average molecular weight is 725 g/mol. The number of benzene rings is 4. The van der Waals surface area contributed by atoms with Gasteiger partial charge in [-0.3, -0.25) is 9.13 Å². The second-order valence-corrected chi connectivity index (χ2v) is 16.7. The quantitative estimate of drug-likeness (QED) is 0.194. The van der Waals surface area contributed by atoms with Crippen molar-refractivity contribution >= 4 is 36.0 Å². The van der Waals surface area contributed by atoms with Crippen LogP contribution in [0.3, 0.4) is 0 Å². The van der Waals surface area contributed by atoms with Crippen molar-refractivity contribution in [2.75, 3.05) is 52.9 Å². The van der Waals surface area contributed by atoms with E-state index in [1.54, 1.807) is 60.7 Å².